The number of aliphatic imine (C=N–C) groups is 1. The van der Waals surface area contributed by atoms with Crippen LogP contribution in [-0.4, -0.2) is 40.9 Å². The predicted molar refractivity (Wildman–Crippen MR) is 111 cm³/mol. The van der Waals surface area contributed by atoms with Crippen molar-refractivity contribution in [3.05, 3.63) is 40.9 Å². The number of aryl methyl sites for hydroxylation is 1. The summed E-state index contributed by atoms with van der Waals surface area (Å²) in [6.45, 7) is 4.00. The van der Waals surface area contributed by atoms with Crippen LogP contribution < -0.4 is 15.4 Å². The van der Waals surface area contributed by atoms with Gasteiger partial charge in [-0.05, 0) is 31.0 Å². The molecule has 0 unspecified atom stereocenters. The van der Waals surface area contributed by atoms with Crippen LogP contribution in [-0.2, 0) is 20.0 Å². The third-order valence-corrected chi connectivity index (χ3v) is 3.83. The first-order valence-corrected chi connectivity index (χ1v) is 8.19. The van der Waals surface area contributed by atoms with Crippen molar-refractivity contribution in [1.29, 1.82) is 0 Å². The van der Waals surface area contributed by atoms with Gasteiger partial charge in [0.2, 0.25) is 0 Å². The number of benzene rings is 1. The minimum atomic E-state index is 0. The van der Waals surface area contributed by atoms with E-state index in [-0.39, 0.29) is 24.0 Å². The SMILES string of the molecule is CCNC(=NCc1nncn1C)NCCc1ccc(OC)cc1Cl.I. The summed E-state index contributed by atoms with van der Waals surface area (Å²) in [5.74, 6) is 2.31. The van der Waals surface area contributed by atoms with Gasteiger partial charge in [-0.25, -0.2) is 4.99 Å². The molecule has 1 aromatic carbocycles. The van der Waals surface area contributed by atoms with Crippen molar-refractivity contribution in [1.82, 2.24) is 25.4 Å². The Morgan fingerprint density at radius 2 is 2.16 bits per heavy atom. The van der Waals surface area contributed by atoms with Gasteiger partial charge < -0.3 is 19.9 Å². The fraction of sp³-hybridized carbons (Fsp3) is 0.438. The van der Waals surface area contributed by atoms with Gasteiger partial charge in [-0.2, -0.15) is 0 Å². The van der Waals surface area contributed by atoms with Crippen LogP contribution in [0.15, 0.2) is 29.5 Å². The fourth-order valence-corrected chi connectivity index (χ4v) is 2.38. The summed E-state index contributed by atoms with van der Waals surface area (Å²) in [6, 6.07) is 5.71. The van der Waals surface area contributed by atoms with Gasteiger partial charge in [0.1, 0.15) is 18.6 Å². The van der Waals surface area contributed by atoms with Gasteiger partial charge in [0, 0.05) is 25.2 Å². The Balaban J connectivity index is 0.00000312. The van der Waals surface area contributed by atoms with Crippen LogP contribution in [0, 0.1) is 0 Å². The van der Waals surface area contributed by atoms with Crippen molar-refractivity contribution in [3.63, 3.8) is 0 Å². The van der Waals surface area contributed by atoms with Crippen molar-refractivity contribution < 1.29 is 4.74 Å². The number of hydrogen-bond donors (Lipinski definition) is 2. The Kier molecular flexibility index (Phi) is 9.58. The molecule has 0 amide bonds. The predicted octanol–water partition coefficient (Wildman–Crippen LogP) is 2.39. The van der Waals surface area contributed by atoms with E-state index in [1.165, 1.54) is 0 Å². The number of nitrogens with one attached hydrogen (secondary N) is 2. The molecule has 0 saturated heterocycles. The molecule has 0 aliphatic heterocycles. The quantitative estimate of drug-likeness (QED) is 0.363. The zero-order valence-electron chi connectivity index (χ0n) is 14.6. The molecule has 2 aromatic rings. The minimum absolute atomic E-state index is 0. The number of nitrogens with zero attached hydrogens (tertiary/aromatic N) is 4. The Morgan fingerprint density at radius 3 is 2.76 bits per heavy atom. The molecule has 1 heterocycles. The summed E-state index contributed by atoms with van der Waals surface area (Å²) in [5.41, 5.74) is 1.06. The molecule has 0 aliphatic rings. The van der Waals surface area contributed by atoms with E-state index in [1.807, 2.05) is 36.7 Å². The fourth-order valence-electron chi connectivity index (χ4n) is 2.12. The lowest BCUT2D eigenvalue weighted by molar-refractivity contribution is 0.414. The first-order valence-electron chi connectivity index (χ1n) is 7.81. The summed E-state index contributed by atoms with van der Waals surface area (Å²) >= 11 is 6.26. The molecule has 25 heavy (non-hydrogen) atoms. The number of rotatable bonds is 7. The lowest BCUT2D eigenvalue weighted by Gasteiger charge is -2.12. The summed E-state index contributed by atoms with van der Waals surface area (Å²) in [7, 11) is 3.53. The van der Waals surface area contributed by atoms with E-state index in [9.17, 15) is 0 Å². The molecule has 9 heteroatoms. The highest BCUT2D eigenvalue weighted by Crippen LogP contribution is 2.22. The molecular formula is C16H24ClIN6O. The second-order valence-electron chi connectivity index (χ2n) is 5.19. The third kappa shape index (κ3) is 6.69. The van der Waals surface area contributed by atoms with Gasteiger partial charge in [-0.3, -0.25) is 0 Å². The molecule has 0 aliphatic carbocycles. The topological polar surface area (TPSA) is 76.4 Å². The lowest BCUT2D eigenvalue weighted by atomic mass is 10.1. The van der Waals surface area contributed by atoms with Gasteiger partial charge in [0.05, 0.1) is 7.11 Å². The Hall–Kier alpha value is -1.55. The van der Waals surface area contributed by atoms with E-state index in [2.05, 4.69) is 25.8 Å². The molecule has 2 rings (SSSR count). The molecule has 0 spiro atoms. The average molecular weight is 479 g/mol. The number of guanidine groups is 1. The van der Waals surface area contributed by atoms with Crippen LogP contribution in [0.3, 0.4) is 0 Å². The van der Waals surface area contributed by atoms with Crippen molar-refractivity contribution in [2.24, 2.45) is 12.0 Å². The number of halogens is 2. The van der Waals surface area contributed by atoms with Crippen LogP contribution in [0.4, 0.5) is 0 Å². The highest BCUT2D eigenvalue weighted by molar-refractivity contribution is 14.0. The Bertz CT molecular complexity index is 691. The number of ether oxygens (including phenoxy) is 1. The summed E-state index contributed by atoms with van der Waals surface area (Å²) in [6.07, 6.45) is 2.45. The Labute approximate surface area is 170 Å². The minimum Gasteiger partial charge on any atom is -0.497 e. The first kappa shape index (κ1) is 21.5. The van der Waals surface area contributed by atoms with Crippen LogP contribution in [0.25, 0.3) is 0 Å². The number of hydrogen-bond acceptors (Lipinski definition) is 4. The van der Waals surface area contributed by atoms with E-state index < -0.39 is 0 Å². The van der Waals surface area contributed by atoms with Crippen LogP contribution in [0.5, 0.6) is 5.75 Å². The first-order chi connectivity index (χ1) is 11.6. The van der Waals surface area contributed by atoms with Gasteiger partial charge in [0.15, 0.2) is 11.8 Å². The summed E-state index contributed by atoms with van der Waals surface area (Å²) < 4.78 is 7.01. The van der Waals surface area contributed by atoms with Crippen LogP contribution in [0.2, 0.25) is 5.02 Å². The summed E-state index contributed by atoms with van der Waals surface area (Å²) in [5, 5.41) is 15.1. The smallest absolute Gasteiger partial charge is 0.191 e. The monoisotopic (exact) mass is 478 g/mol. The maximum Gasteiger partial charge on any atom is 0.191 e. The van der Waals surface area contributed by atoms with E-state index in [1.54, 1.807) is 13.4 Å². The molecule has 0 bridgehead atoms. The molecule has 0 fully saturated rings. The molecule has 0 saturated carbocycles. The molecule has 138 valence electrons. The molecule has 2 N–H and O–H groups in total. The van der Waals surface area contributed by atoms with Gasteiger partial charge in [0.25, 0.3) is 0 Å². The maximum absolute atomic E-state index is 6.26. The standard InChI is InChI=1S/C16H23ClN6O.HI/c1-4-18-16(20-10-15-22-21-11-23(15)2)19-8-7-12-5-6-13(24-3)9-14(12)17;/h5-6,9,11H,4,7-8,10H2,1-3H3,(H2,18,19,20);1H. The largest absolute Gasteiger partial charge is 0.497 e. The van der Waals surface area contributed by atoms with Gasteiger partial charge >= 0.3 is 0 Å². The number of methoxy groups -OCH3 is 1. The van der Waals surface area contributed by atoms with Crippen molar-refractivity contribution >= 4 is 41.5 Å². The summed E-state index contributed by atoms with van der Waals surface area (Å²) in [4.78, 5) is 4.52. The molecular weight excluding hydrogens is 455 g/mol. The van der Waals surface area contributed by atoms with Crippen molar-refractivity contribution in [2.45, 2.75) is 19.9 Å². The second kappa shape index (κ2) is 11.1. The van der Waals surface area contributed by atoms with Crippen LogP contribution in [0.1, 0.15) is 18.3 Å². The third-order valence-electron chi connectivity index (χ3n) is 3.47. The highest BCUT2D eigenvalue weighted by atomic mass is 127. The van der Waals surface area contributed by atoms with Crippen molar-refractivity contribution in [2.75, 3.05) is 20.2 Å². The number of aromatic nitrogens is 3. The highest BCUT2D eigenvalue weighted by Gasteiger charge is 2.04. The molecule has 0 radical (unpaired) electrons. The van der Waals surface area contributed by atoms with E-state index >= 15 is 0 Å². The zero-order valence-corrected chi connectivity index (χ0v) is 17.7. The van der Waals surface area contributed by atoms with E-state index in [0.29, 0.717) is 11.6 Å². The van der Waals surface area contributed by atoms with Gasteiger partial charge in [-0.1, -0.05) is 17.7 Å². The molecule has 7 nitrogen and oxygen atoms in total. The molecule has 1 aromatic heterocycles. The van der Waals surface area contributed by atoms with E-state index in [4.69, 9.17) is 16.3 Å². The zero-order chi connectivity index (χ0) is 17.4. The molecule has 0 atom stereocenters. The van der Waals surface area contributed by atoms with Crippen LogP contribution >= 0.6 is 35.6 Å². The average Bonchev–Trinajstić information content (AvgIpc) is 2.99. The normalized spacial score (nSPS) is 11.0. The van der Waals surface area contributed by atoms with Crippen molar-refractivity contribution in [3.8, 4) is 5.75 Å². The second-order valence-corrected chi connectivity index (χ2v) is 5.59. The maximum atomic E-state index is 6.26. The van der Waals surface area contributed by atoms with Gasteiger partial charge in [-0.15, -0.1) is 34.2 Å². The van der Waals surface area contributed by atoms with E-state index in [0.717, 1.165) is 42.6 Å². The lowest BCUT2D eigenvalue weighted by Crippen LogP contribution is -2.38. The Morgan fingerprint density at radius 1 is 1.36 bits per heavy atom.